The minimum Gasteiger partial charge on any atom is -0.489 e. The van der Waals surface area contributed by atoms with Crippen LogP contribution in [0.4, 0.5) is 0 Å². The lowest BCUT2D eigenvalue weighted by Crippen LogP contribution is -2.13. The Morgan fingerprint density at radius 1 is 1.47 bits per heavy atom. The molecule has 0 radical (unpaired) electrons. The van der Waals surface area contributed by atoms with Crippen LogP contribution in [0.3, 0.4) is 0 Å². The number of rotatable bonds is 6. The van der Waals surface area contributed by atoms with Crippen molar-refractivity contribution in [1.82, 2.24) is 5.32 Å². The molecule has 0 aliphatic rings. The second kappa shape index (κ2) is 7.59. The Hall–Kier alpha value is -0.700. The fourth-order valence-electron chi connectivity index (χ4n) is 1.31. The second-order valence-corrected chi connectivity index (χ2v) is 4.43. The van der Waals surface area contributed by atoms with Crippen LogP contribution in [0.25, 0.3) is 0 Å². The van der Waals surface area contributed by atoms with Gasteiger partial charge in [-0.15, -0.1) is 0 Å². The van der Waals surface area contributed by atoms with E-state index in [1.807, 2.05) is 25.1 Å². The molecule has 2 nitrogen and oxygen atoms in total. The van der Waals surface area contributed by atoms with Gasteiger partial charge in [0.15, 0.2) is 0 Å². The maximum atomic E-state index is 5.97. The summed E-state index contributed by atoms with van der Waals surface area (Å²) in [7, 11) is 0. The molecule has 0 aromatic heterocycles. The molecular weight excluding hydrogens is 257 g/mol. The molecule has 0 bridgehead atoms. The minimum atomic E-state index is 0.490. The fraction of sp³-hybridized carbons (Fsp3) is 0.385. The average molecular weight is 274 g/mol. The molecular formula is C13H17Cl2NO. The quantitative estimate of drug-likeness (QED) is 0.847. The summed E-state index contributed by atoms with van der Waals surface area (Å²) < 4.78 is 5.69. The average Bonchev–Trinajstić information content (AvgIpc) is 2.34. The molecule has 0 spiro atoms. The molecule has 0 unspecified atom stereocenters. The maximum absolute atomic E-state index is 5.97. The van der Waals surface area contributed by atoms with Crippen LogP contribution in [0.1, 0.15) is 19.4 Å². The molecule has 94 valence electrons. The SMILES string of the molecule is CCNCc1cc(Cl)ccc1OC/C(C)=C/Cl. The van der Waals surface area contributed by atoms with Crippen molar-refractivity contribution in [2.75, 3.05) is 13.2 Å². The van der Waals surface area contributed by atoms with Gasteiger partial charge in [0.2, 0.25) is 0 Å². The first kappa shape index (κ1) is 14.4. The van der Waals surface area contributed by atoms with Crippen molar-refractivity contribution in [2.24, 2.45) is 0 Å². The molecule has 4 heteroatoms. The zero-order chi connectivity index (χ0) is 12.7. The zero-order valence-electron chi connectivity index (χ0n) is 10.1. The largest absolute Gasteiger partial charge is 0.489 e. The van der Waals surface area contributed by atoms with E-state index in [0.717, 1.165) is 35.0 Å². The molecule has 0 amide bonds. The Morgan fingerprint density at radius 3 is 2.88 bits per heavy atom. The number of hydrogen-bond donors (Lipinski definition) is 1. The highest BCUT2D eigenvalue weighted by atomic mass is 35.5. The standard InChI is InChI=1S/C13H17Cl2NO/c1-3-16-8-11-6-12(15)4-5-13(11)17-9-10(2)7-14/h4-7,16H,3,8-9H2,1-2H3/b10-7+. The summed E-state index contributed by atoms with van der Waals surface area (Å²) in [5.74, 6) is 0.841. The van der Waals surface area contributed by atoms with E-state index < -0.39 is 0 Å². The summed E-state index contributed by atoms with van der Waals surface area (Å²) in [5, 5.41) is 3.97. The van der Waals surface area contributed by atoms with Gasteiger partial charge < -0.3 is 10.1 Å². The van der Waals surface area contributed by atoms with Crippen LogP contribution in [-0.2, 0) is 6.54 Å². The van der Waals surface area contributed by atoms with E-state index in [0.29, 0.717) is 6.61 Å². The lowest BCUT2D eigenvalue weighted by atomic mass is 10.2. The number of hydrogen-bond acceptors (Lipinski definition) is 2. The van der Waals surface area contributed by atoms with E-state index in [1.54, 1.807) is 0 Å². The van der Waals surface area contributed by atoms with Crippen molar-refractivity contribution < 1.29 is 4.74 Å². The van der Waals surface area contributed by atoms with Crippen molar-refractivity contribution in [3.05, 3.63) is 39.9 Å². The zero-order valence-corrected chi connectivity index (χ0v) is 11.6. The molecule has 1 aromatic rings. The monoisotopic (exact) mass is 273 g/mol. The van der Waals surface area contributed by atoms with Crippen molar-refractivity contribution in [3.63, 3.8) is 0 Å². The molecule has 1 N–H and O–H groups in total. The van der Waals surface area contributed by atoms with Gasteiger partial charge in [0.25, 0.3) is 0 Å². The van der Waals surface area contributed by atoms with Crippen molar-refractivity contribution in [3.8, 4) is 5.75 Å². The summed E-state index contributed by atoms with van der Waals surface area (Å²) in [6.45, 7) is 6.13. The number of halogens is 2. The molecule has 17 heavy (non-hydrogen) atoms. The van der Waals surface area contributed by atoms with Crippen molar-refractivity contribution in [1.29, 1.82) is 0 Å². The third-order valence-corrected chi connectivity index (χ3v) is 2.84. The normalized spacial score (nSPS) is 11.6. The highest BCUT2D eigenvalue weighted by Crippen LogP contribution is 2.23. The first-order valence-corrected chi connectivity index (χ1v) is 6.36. The third-order valence-electron chi connectivity index (χ3n) is 2.23. The lowest BCUT2D eigenvalue weighted by Gasteiger charge is -2.12. The van der Waals surface area contributed by atoms with E-state index >= 15 is 0 Å². The molecule has 0 aliphatic carbocycles. The van der Waals surface area contributed by atoms with Crippen LogP contribution in [0, 0.1) is 0 Å². The molecule has 0 saturated carbocycles. The Labute approximate surface area is 113 Å². The van der Waals surface area contributed by atoms with Crippen LogP contribution in [-0.4, -0.2) is 13.2 Å². The molecule has 0 heterocycles. The maximum Gasteiger partial charge on any atom is 0.124 e. The predicted octanol–water partition coefficient (Wildman–Crippen LogP) is 3.97. The smallest absolute Gasteiger partial charge is 0.124 e. The van der Waals surface area contributed by atoms with Gasteiger partial charge in [-0.05, 0) is 37.2 Å². The topological polar surface area (TPSA) is 21.3 Å². The summed E-state index contributed by atoms with van der Waals surface area (Å²) in [5.41, 5.74) is 3.57. The van der Waals surface area contributed by atoms with Gasteiger partial charge in [0.1, 0.15) is 12.4 Å². The Bertz CT molecular complexity index is 391. The van der Waals surface area contributed by atoms with Crippen LogP contribution >= 0.6 is 23.2 Å². The Balaban J connectivity index is 2.75. The summed E-state index contributed by atoms with van der Waals surface area (Å²) in [6, 6.07) is 5.63. The summed E-state index contributed by atoms with van der Waals surface area (Å²) >= 11 is 11.6. The highest BCUT2D eigenvalue weighted by molar-refractivity contribution is 6.30. The van der Waals surface area contributed by atoms with Crippen molar-refractivity contribution >= 4 is 23.2 Å². The van der Waals surface area contributed by atoms with E-state index in [9.17, 15) is 0 Å². The van der Waals surface area contributed by atoms with Gasteiger partial charge in [-0.2, -0.15) is 0 Å². The molecule has 0 atom stereocenters. The van der Waals surface area contributed by atoms with E-state index in [-0.39, 0.29) is 0 Å². The van der Waals surface area contributed by atoms with Crippen LogP contribution in [0.15, 0.2) is 29.3 Å². The number of benzene rings is 1. The molecule has 1 aromatic carbocycles. The molecule has 1 rings (SSSR count). The predicted molar refractivity (Wildman–Crippen MR) is 73.9 cm³/mol. The van der Waals surface area contributed by atoms with Crippen LogP contribution in [0.5, 0.6) is 5.75 Å². The van der Waals surface area contributed by atoms with Crippen LogP contribution < -0.4 is 10.1 Å². The van der Waals surface area contributed by atoms with E-state index in [2.05, 4.69) is 12.2 Å². The van der Waals surface area contributed by atoms with Gasteiger partial charge in [0.05, 0.1) is 0 Å². The Kier molecular flexibility index (Phi) is 6.41. The Morgan fingerprint density at radius 2 is 2.24 bits per heavy atom. The van der Waals surface area contributed by atoms with Gasteiger partial charge in [-0.1, -0.05) is 30.1 Å². The summed E-state index contributed by atoms with van der Waals surface area (Å²) in [6.07, 6.45) is 0. The first-order valence-electron chi connectivity index (χ1n) is 5.55. The second-order valence-electron chi connectivity index (χ2n) is 3.78. The highest BCUT2D eigenvalue weighted by Gasteiger charge is 2.04. The van der Waals surface area contributed by atoms with Gasteiger partial charge in [-0.3, -0.25) is 0 Å². The van der Waals surface area contributed by atoms with Gasteiger partial charge in [0, 0.05) is 22.7 Å². The van der Waals surface area contributed by atoms with Gasteiger partial charge >= 0.3 is 0 Å². The lowest BCUT2D eigenvalue weighted by molar-refractivity contribution is 0.347. The fourth-order valence-corrected chi connectivity index (χ4v) is 1.57. The van der Waals surface area contributed by atoms with Gasteiger partial charge in [-0.25, -0.2) is 0 Å². The van der Waals surface area contributed by atoms with E-state index in [4.69, 9.17) is 27.9 Å². The molecule has 0 saturated heterocycles. The van der Waals surface area contributed by atoms with E-state index in [1.165, 1.54) is 5.54 Å². The molecule has 0 aliphatic heterocycles. The number of nitrogens with one attached hydrogen (secondary N) is 1. The third kappa shape index (κ3) is 4.99. The number of ether oxygens (including phenoxy) is 1. The van der Waals surface area contributed by atoms with Crippen molar-refractivity contribution in [2.45, 2.75) is 20.4 Å². The molecule has 0 fully saturated rings. The minimum absolute atomic E-state index is 0.490. The van der Waals surface area contributed by atoms with Crippen LogP contribution in [0.2, 0.25) is 5.02 Å². The summed E-state index contributed by atoms with van der Waals surface area (Å²) in [4.78, 5) is 0. The first-order chi connectivity index (χ1) is 8.17.